The van der Waals surface area contributed by atoms with Crippen molar-refractivity contribution >= 4 is 22.0 Å². The van der Waals surface area contributed by atoms with Crippen LogP contribution in [0.5, 0.6) is 11.5 Å². The van der Waals surface area contributed by atoms with E-state index >= 15 is 0 Å². The summed E-state index contributed by atoms with van der Waals surface area (Å²) in [5.41, 5.74) is 1.66. The zero-order chi connectivity index (χ0) is 19.6. The summed E-state index contributed by atoms with van der Waals surface area (Å²) in [6.07, 6.45) is 1.96. The molecule has 0 aromatic heterocycles. The van der Waals surface area contributed by atoms with Crippen molar-refractivity contribution in [3.8, 4) is 11.5 Å². The Morgan fingerprint density at radius 3 is 2.56 bits per heavy atom. The normalized spacial score (nSPS) is 13.7. The third-order valence-electron chi connectivity index (χ3n) is 4.06. The molecule has 3 rings (SSSR count). The van der Waals surface area contributed by atoms with Gasteiger partial charge in [0.05, 0.1) is 4.91 Å². The number of halogens is 2. The molecule has 2 aromatic rings. The molecule has 0 amide bonds. The Hall–Kier alpha value is -2.74. The molecule has 0 fully saturated rings. The fourth-order valence-electron chi connectivity index (χ4n) is 2.76. The number of rotatable bonds is 6. The number of fused-ring (bicyclic) bond motifs is 1. The number of carbonyl (C=O) groups is 1. The van der Waals surface area contributed by atoms with E-state index in [1.165, 1.54) is 49.4 Å². The molecule has 0 bridgehead atoms. The molecule has 27 heavy (non-hydrogen) atoms. The molecule has 0 atom stereocenters. The second-order valence-corrected chi connectivity index (χ2v) is 7.57. The van der Waals surface area contributed by atoms with Crippen LogP contribution < -0.4 is 8.92 Å². The number of ether oxygens (including phenoxy) is 1. The lowest BCUT2D eigenvalue weighted by molar-refractivity contribution is -0.0498. The second-order valence-electron chi connectivity index (χ2n) is 5.97. The highest BCUT2D eigenvalue weighted by molar-refractivity contribution is 7.91. The van der Waals surface area contributed by atoms with Crippen LogP contribution in [0.15, 0.2) is 47.4 Å². The molecule has 8 heteroatoms. The largest absolute Gasteiger partial charge is 0.435 e. The van der Waals surface area contributed by atoms with E-state index in [4.69, 9.17) is 4.18 Å². The van der Waals surface area contributed by atoms with E-state index in [-0.39, 0.29) is 28.6 Å². The van der Waals surface area contributed by atoms with Gasteiger partial charge >= 0.3 is 16.7 Å². The first-order chi connectivity index (χ1) is 12.7. The first kappa shape index (κ1) is 19.0. The van der Waals surface area contributed by atoms with Crippen molar-refractivity contribution in [2.24, 2.45) is 0 Å². The van der Waals surface area contributed by atoms with Crippen LogP contribution in [-0.4, -0.2) is 20.8 Å². The lowest BCUT2D eigenvalue weighted by atomic mass is 9.97. The van der Waals surface area contributed by atoms with Gasteiger partial charge in [0.25, 0.3) is 0 Å². The Morgan fingerprint density at radius 1 is 1.07 bits per heavy atom. The standard InChI is InChI=1S/C19H16F2O5S/c1-12(22)13-3-2-4-17(9-13)26-27(23,24)18-8-6-14-10-16(25-19(20)21)7-5-15(14)11-18/h2-5,7,9-11,19H,6,8H2,1H3. The molecule has 0 N–H and O–H groups in total. The van der Waals surface area contributed by atoms with Gasteiger partial charge in [-0.15, -0.1) is 0 Å². The van der Waals surface area contributed by atoms with Crippen molar-refractivity contribution in [1.82, 2.24) is 0 Å². The molecule has 5 nitrogen and oxygen atoms in total. The minimum absolute atomic E-state index is 0.0285. The maximum Gasteiger partial charge on any atom is 0.387 e. The Bertz CT molecular complexity index is 1010. The van der Waals surface area contributed by atoms with Crippen LogP contribution in [0, 0.1) is 0 Å². The van der Waals surface area contributed by atoms with E-state index < -0.39 is 16.7 Å². The summed E-state index contributed by atoms with van der Waals surface area (Å²) in [4.78, 5) is 11.5. The number of hydrogen-bond donors (Lipinski definition) is 0. The number of allylic oxidation sites excluding steroid dienone is 1. The molecule has 0 heterocycles. The van der Waals surface area contributed by atoms with Gasteiger partial charge < -0.3 is 8.92 Å². The van der Waals surface area contributed by atoms with Crippen LogP contribution in [0.2, 0.25) is 0 Å². The minimum Gasteiger partial charge on any atom is -0.435 e. The zero-order valence-electron chi connectivity index (χ0n) is 14.3. The molecule has 142 valence electrons. The zero-order valence-corrected chi connectivity index (χ0v) is 15.1. The van der Waals surface area contributed by atoms with Crippen LogP contribution in [0.4, 0.5) is 8.78 Å². The van der Waals surface area contributed by atoms with E-state index in [0.29, 0.717) is 23.1 Å². The molecular formula is C19H16F2O5S. The molecule has 0 saturated carbocycles. The summed E-state index contributed by atoms with van der Waals surface area (Å²) in [5.74, 6) is -0.124. The monoisotopic (exact) mass is 394 g/mol. The van der Waals surface area contributed by atoms with E-state index in [0.717, 1.165) is 0 Å². The highest BCUT2D eigenvalue weighted by atomic mass is 32.2. The number of alkyl halides is 2. The second kappa shape index (κ2) is 7.48. The summed E-state index contributed by atoms with van der Waals surface area (Å²) in [7, 11) is -4.05. The molecule has 0 spiro atoms. The summed E-state index contributed by atoms with van der Waals surface area (Å²) in [5, 5.41) is 0. The Kier molecular flexibility index (Phi) is 5.27. The third kappa shape index (κ3) is 4.51. The van der Waals surface area contributed by atoms with Gasteiger partial charge in [-0.1, -0.05) is 18.2 Å². The smallest absolute Gasteiger partial charge is 0.387 e. The Balaban J connectivity index is 1.84. The maximum absolute atomic E-state index is 12.6. The van der Waals surface area contributed by atoms with Crippen molar-refractivity contribution in [1.29, 1.82) is 0 Å². The number of carbonyl (C=O) groups excluding carboxylic acids is 1. The Labute approximate surface area is 155 Å². The van der Waals surface area contributed by atoms with E-state index in [1.807, 2.05) is 0 Å². The van der Waals surface area contributed by atoms with Gasteiger partial charge in [-0.25, -0.2) is 0 Å². The molecular weight excluding hydrogens is 378 g/mol. The van der Waals surface area contributed by atoms with Gasteiger partial charge in [0.15, 0.2) is 5.78 Å². The fraction of sp³-hybridized carbons (Fsp3) is 0.211. The van der Waals surface area contributed by atoms with Gasteiger partial charge in [-0.05, 0) is 61.2 Å². The van der Waals surface area contributed by atoms with Crippen LogP contribution in [-0.2, 0) is 16.5 Å². The maximum atomic E-state index is 12.6. The molecule has 1 aliphatic rings. The predicted octanol–water partition coefficient (Wildman–Crippen LogP) is 4.19. The lowest BCUT2D eigenvalue weighted by Crippen LogP contribution is -2.15. The minimum atomic E-state index is -4.05. The molecule has 0 aliphatic heterocycles. The average Bonchev–Trinajstić information content (AvgIpc) is 2.60. The topological polar surface area (TPSA) is 69.7 Å². The molecule has 0 unspecified atom stereocenters. The SMILES string of the molecule is CC(=O)c1cccc(OS(=O)(=O)C2=Cc3ccc(OC(F)F)cc3CC2)c1. The number of ketones is 1. The molecule has 1 aliphatic carbocycles. The number of aryl methyl sites for hydroxylation is 1. The number of benzene rings is 2. The van der Waals surface area contributed by atoms with Gasteiger partial charge in [0.1, 0.15) is 11.5 Å². The lowest BCUT2D eigenvalue weighted by Gasteiger charge is -2.18. The van der Waals surface area contributed by atoms with Crippen LogP contribution in [0.3, 0.4) is 0 Å². The number of hydrogen-bond acceptors (Lipinski definition) is 5. The summed E-state index contributed by atoms with van der Waals surface area (Å²) in [6, 6.07) is 10.3. The van der Waals surface area contributed by atoms with E-state index in [1.54, 1.807) is 6.07 Å². The van der Waals surface area contributed by atoms with Crippen molar-refractivity contribution in [3.63, 3.8) is 0 Å². The van der Waals surface area contributed by atoms with Crippen LogP contribution in [0.1, 0.15) is 34.8 Å². The van der Waals surface area contributed by atoms with E-state index in [2.05, 4.69) is 4.74 Å². The summed E-state index contributed by atoms with van der Waals surface area (Å²) in [6.45, 7) is -1.54. The number of Topliss-reactive ketones (excluding diaryl/α,β-unsaturated/α-hetero) is 1. The molecule has 0 radical (unpaired) electrons. The highest BCUT2D eigenvalue weighted by Gasteiger charge is 2.24. The van der Waals surface area contributed by atoms with Crippen molar-refractivity contribution in [2.75, 3.05) is 0 Å². The van der Waals surface area contributed by atoms with Crippen LogP contribution >= 0.6 is 0 Å². The molecule has 2 aromatic carbocycles. The third-order valence-corrected chi connectivity index (χ3v) is 5.44. The average molecular weight is 394 g/mol. The highest BCUT2D eigenvalue weighted by Crippen LogP contribution is 2.31. The first-order valence-corrected chi connectivity index (χ1v) is 9.49. The van der Waals surface area contributed by atoms with Gasteiger partial charge in [0, 0.05) is 5.56 Å². The van der Waals surface area contributed by atoms with Crippen molar-refractivity contribution in [3.05, 3.63) is 64.1 Å². The van der Waals surface area contributed by atoms with Crippen LogP contribution in [0.25, 0.3) is 6.08 Å². The van der Waals surface area contributed by atoms with Gasteiger partial charge in [-0.3, -0.25) is 4.79 Å². The van der Waals surface area contributed by atoms with Crippen molar-refractivity contribution in [2.45, 2.75) is 26.4 Å². The Morgan fingerprint density at radius 2 is 1.85 bits per heavy atom. The van der Waals surface area contributed by atoms with Gasteiger partial charge in [-0.2, -0.15) is 17.2 Å². The fourth-order valence-corrected chi connectivity index (χ4v) is 3.85. The molecule has 0 saturated heterocycles. The first-order valence-electron chi connectivity index (χ1n) is 8.08. The summed E-state index contributed by atoms with van der Waals surface area (Å²) >= 11 is 0. The van der Waals surface area contributed by atoms with Gasteiger partial charge in [0.2, 0.25) is 0 Å². The van der Waals surface area contributed by atoms with E-state index in [9.17, 15) is 22.0 Å². The van der Waals surface area contributed by atoms with Crippen molar-refractivity contribution < 1.29 is 30.9 Å². The predicted molar refractivity (Wildman–Crippen MR) is 95.4 cm³/mol. The summed E-state index contributed by atoms with van der Waals surface area (Å²) < 4.78 is 59.2. The quantitative estimate of drug-likeness (QED) is 0.543.